The number of fused-ring (bicyclic) bond motifs is 1. The highest BCUT2D eigenvalue weighted by Gasteiger charge is 2.42. The number of aliphatic hydroxyl groups is 1. The van der Waals surface area contributed by atoms with Crippen molar-refractivity contribution in [3.05, 3.63) is 59.2 Å². The topological polar surface area (TPSA) is 41.9 Å². The van der Waals surface area contributed by atoms with E-state index < -0.39 is 6.10 Å². The lowest BCUT2D eigenvalue weighted by Crippen LogP contribution is -2.42. The third-order valence-electron chi connectivity index (χ3n) is 6.41. The largest absolute Gasteiger partial charge is 0.493 e. The van der Waals surface area contributed by atoms with Gasteiger partial charge in [-0.1, -0.05) is 35.9 Å². The van der Waals surface area contributed by atoms with Crippen molar-refractivity contribution in [1.29, 1.82) is 0 Å². The first-order chi connectivity index (χ1) is 13.5. The molecule has 2 aromatic carbocycles. The lowest BCUT2D eigenvalue weighted by molar-refractivity contribution is -0.0240. The lowest BCUT2D eigenvalue weighted by atomic mass is 9.78. The minimum absolute atomic E-state index is 0.168. The summed E-state index contributed by atoms with van der Waals surface area (Å²) in [5.74, 6) is 2.57. The summed E-state index contributed by atoms with van der Waals surface area (Å²) in [7, 11) is 1.65. The van der Waals surface area contributed by atoms with Crippen molar-refractivity contribution in [1.82, 2.24) is 4.90 Å². The minimum atomic E-state index is -0.424. The van der Waals surface area contributed by atoms with E-state index in [9.17, 15) is 5.11 Å². The molecule has 4 heteroatoms. The van der Waals surface area contributed by atoms with Crippen LogP contribution in [0.1, 0.15) is 29.5 Å². The first kappa shape index (κ1) is 19.3. The van der Waals surface area contributed by atoms with Crippen LogP contribution >= 0.6 is 0 Å². The summed E-state index contributed by atoms with van der Waals surface area (Å²) in [6, 6.07) is 14.4. The zero-order chi connectivity index (χ0) is 19.7. The Morgan fingerprint density at radius 1 is 1.00 bits per heavy atom. The number of hydrogen-bond acceptors (Lipinski definition) is 4. The van der Waals surface area contributed by atoms with Gasteiger partial charge in [-0.2, -0.15) is 0 Å². The van der Waals surface area contributed by atoms with E-state index in [0.29, 0.717) is 11.8 Å². The molecular formula is C24H31NO3. The van der Waals surface area contributed by atoms with Gasteiger partial charge in [0.15, 0.2) is 11.5 Å². The first-order valence-corrected chi connectivity index (χ1v) is 10.3. The summed E-state index contributed by atoms with van der Waals surface area (Å²) >= 11 is 0. The molecule has 4 atom stereocenters. The Morgan fingerprint density at radius 3 is 2.46 bits per heavy atom. The molecule has 1 heterocycles. The molecule has 0 amide bonds. The molecule has 0 bridgehead atoms. The molecule has 1 saturated carbocycles. The Bertz CT molecular complexity index is 821. The number of ether oxygens (including phenoxy) is 2. The fraction of sp³-hybridized carbons (Fsp3) is 0.500. The maximum atomic E-state index is 10.7. The van der Waals surface area contributed by atoms with Crippen molar-refractivity contribution in [3.8, 4) is 11.5 Å². The van der Waals surface area contributed by atoms with E-state index in [1.54, 1.807) is 7.11 Å². The molecule has 4 nitrogen and oxygen atoms in total. The molecule has 0 spiro atoms. The van der Waals surface area contributed by atoms with Crippen LogP contribution in [-0.4, -0.2) is 42.4 Å². The molecule has 1 aliphatic carbocycles. The van der Waals surface area contributed by atoms with E-state index >= 15 is 0 Å². The summed E-state index contributed by atoms with van der Waals surface area (Å²) in [6.45, 7) is 7.49. The van der Waals surface area contributed by atoms with Crippen LogP contribution < -0.4 is 9.47 Å². The molecule has 1 aliphatic heterocycles. The summed E-state index contributed by atoms with van der Waals surface area (Å²) in [4.78, 5) is 2.55. The highest BCUT2D eigenvalue weighted by molar-refractivity contribution is 5.39. The van der Waals surface area contributed by atoms with Crippen LogP contribution in [0.2, 0.25) is 0 Å². The minimum Gasteiger partial charge on any atom is -0.493 e. The molecule has 1 saturated heterocycles. The summed E-state index contributed by atoms with van der Waals surface area (Å²) in [5.41, 5.74) is 4.09. The lowest BCUT2D eigenvalue weighted by Gasteiger charge is -2.35. The molecule has 1 N–H and O–H groups in total. The predicted molar refractivity (Wildman–Crippen MR) is 111 cm³/mol. The average molecular weight is 382 g/mol. The van der Waals surface area contributed by atoms with Gasteiger partial charge in [0, 0.05) is 19.6 Å². The number of aliphatic hydroxyl groups excluding tert-OH is 1. The maximum Gasteiger partial charge on any atom is 0.161 e. The van der Waals surface area contributed by atoms with Gasteiger partial charge in [0.1, 0.15) is 6.10 Å². The second-order valence-electron chi connectivity index (χ2n) is 8.49. The summed E-state index contributed by atoms with van der Waals surface area (Å²) in [5, 5.41) is 10.7. The van der Waals surface area contributed by atoms with Crippen molar-refractivity contribution in [2.45, 2.75) is 45.4 Å². The van der Waals surface area contributed by atoms with Crippen molar-refractivity contribution < 1.29 is 14.6 Å². The van der Waals surface area contributed by atoms with Crippen LogP contribution in [0.15, 0.2) is 42.5 Å². The third kappa shape index (κ3) is 4.03. The molecule has 0 unspecified atom stereocenters. The van der Waals surface area contributed by atoms with Gasteiger partial charge in [-0.3, -0.25) is 4.90 Å². The quantitative estimate of drug-likeness (QED) is 0.851. The standard InChI is InChI=1S/C24H31NO3/c1-16-8-9-17(2)18(10-16)13-25-14-19-11-21(26)24(12-20(19)15-25)28-23-7-5-4-6-22(23)27-3/h4-10,19-21,24,26H,11-15H2,1-3H3/t19-,20+,21+,24+/m0/s1. The van der Waals surface area contributed by atoms with Crippen LogP contribution in [0, 0.1) is 25.7 Å². The van der Waals surface area contributed by atoms with Gasteiger partial charge in [-0.25, -0.2) is 0 Å². The smallest absolute Gasteiger partial charge is 0.161 e. The Kier molecular flexibility index (Phi) is 5.61. The average Bonchev–Trinajstić information content (AvgIpc) is 3.06. The van der Waals surface area contributed by atoms with Crippen LogP contribution in [-0.2, 0) is 6.54 Å². The van der Waals surface area contributed by atoms with Crippen molar-refractivity contribution in [2.75, 3.05) is 20.2 Å². The van der Waals surface area contributed by atoms with Gasteiger partial charge < -0.3 is 14.6 Å². The molecule has 0 radical (unpaired) electrons. The Hall–Kier alpha value is -2.04. The Balaban J connectivity index is 1.41. The molecule has 150 valence electrons. The van der Waals surface area contributed by atoms with Crippen LogP contribution in [0.3, 0.4) is 0 Å². The normalized spacial score (nSPS) is 27.4. The summed E-state index contributed by atoms with van der Waals surface area (Å²) < 4.78 is 11.6. The van der Waals surface area contributed by atoms with Crippen LogP contribution in [0.5, 0.6) is 11.5 Å². The zero-order valence-corrected chi connectivity index (χ0v) is 17.1. The molecule has 2 fully saturated rings. The number of rotatable bonds is 5. The van der Waals surface area contributed by atoms with Gasteiger partial charge in [0.2, 0.25) is 0 Å². The fourth-order valence-electron chi connectivity index (χ4n) is 4.83. The van der Waals surface area contributed by atoms with Crippen molar-refractivity contribution >= 4 is 0 Å². The number of likely N-dealkylation sites (tertiary alicyclic amines) is 1. The van der Waals surface area contributed by atoms with Gasteiger partial charge in [-0.15, -0.1) is 0 Å². The molecule has 0 aromatic heterocycles. The zero-order valence-electron chi connectivity index (χ0n) is 17.1. The second kappa shape index (κ2) is 8.14. The van der Waals surface area contributed by atoms with Crippen molar-refractivity contribution in [2.24, 2.45) is 11.8 Å². The highest BCUT2D eigenvalue weighted by atomic mass is 16.5. The highest BCUT2D eigenvalue weighted by Crippen LogP contribution is 2.39. The maximum absolute atomic E-state index is 10.7. The fourth-order valence-corrected chi connectivity index (χ4v) is 4.83. The molecule has 2 aromatic rings. The Morgan fingerprint density at radius 2 is 1.71 bits per heavy atom. The van der Waals surface area contributed by atoms with Crippen molar-refractivity contribution in [3.63, 3.8) is 0 Å². The van der Waals surface area contributed by atoms with Gasteiger partial charge >= 0.3 is 0 Å². The van der Waals surface area contributed by atoms with E-state index in [4.69, 9.17) is 9.47 Å². The molecule has 28 heavy (non-hydrogen) atoms. The third-order valence-corrected chi connectivity index (χ3v) is 6.41. The number of benzene rings is 2. The van der Waals surface area contributed by atoms with E-state index in [-0.39, 0.29) is 6.10 Å². The number of hydrogen-bond donors (Lipinski definition) is 1. The first-order valence-electron chi connectivity index (χ1n) is 10.3. The van der Waals surface area contributed by atoms with Gasteiger partial charge in [0.05, 0.1) is 13.2 Å². The van der Waals surface area contributed by atoms with E-state index in [1.807, 2.05) is 24.3 Å². The van der Waals surface area contributed by atoms with E-state index in [0.717, 1.165) is 44.0 Å². The predicted octanol–water partition coefficient (Wildman–Crippen LogP) is 3.96. The molecule has 2 aliphatic rings. The van der Waals surface area contributed by atoms with Crippen LogP contribution in [0.25, 0.3) is 0 Å². The number of para-hydroxylation sites is 2. The number of aryl methyl sites for hydroxylation is 2. The SMILES string of the molecule is COc1ccccc1O[C@@H]1C[C@@H]2CN(Cc3cc(C)ccc3C)C[C@@H]2C[C@H]1O. The monoisotopic (exact) mass is 381 g/mol. The Labute approximate surface area is 168 Å². The van der Waals surface area contributed by atoms with E-state index in [1.165, 1.54) is 16.7 Å². The molecule has 4 rings (SSSR count). The number of nitrogens with zero attached hydrogens (tertiary/aromatic N) is 1. The van der Waals surface area contributed by atoms with Crippen LogP contribution in [0.4, 0.5) is 0 Å². The molecular weight excluding hydrogens is 350 g/mol. The second-order valence-corrected chi connectivity index (χ2v) is 8.49. The number of methoxy groups -OCH3 is 1. The van der Waals surface area contributed by atoms with Gasteiger partial charge in [0.25, 0.3) is 0 Å². The van der Waals surface area contributed by atoms with Gasteiger partial charge in [-0.05, 0) is 61.8 Å². The summed E-state index contributed by atoms with van der Waals surface area (Å²) in [6.07, 6.45) is 1.12. The van der Waals surface area contributed by atoms with E-state index in [2.05, 4.69) is 36.9 Å².